The molecule has 0 aliphatic rings. The number of hydrogen-bond acceptors (Lipinski definition) is 4. The molecule has 5 nitrogen and oxygen atoms in total. The smallest absolute Gasteiger partial charge is 0.238 e. The van der Waals surface area contributed by atoms with E-state index >= 15 is 0 Å². The number of aliphatic hydroxyl groups is 1. The molecular weight excluding hydrogens is 244 g/mol. The van der Waals surface area contributed by atoms with Crippen LogP contribution in [-0.4, -0.2) is 37.3 Å². The van der Waals surface area contributed by atoms with E-state index < -0.39 is 0 Å². The average Bonchev–Trinajstić information content (AvgIpc) is 2.44. The lowest BCUT2D eigenvalue weighted by molar-refractivity contribution is -0.115. The largest absolute Gasteiger partial charge is 0.495 e. The molecule has 5 heteroatoms. The molecule has 0 aliphatic carbocycles. The zero-order chi connectivity index (χ0) is 14.3. The summed E-state index contributed by atoms with van der Waals surface area (Å²) >= 11 is 0. The Hall–Kier alpha value is -1.59. The number of anilines is 1. The van der Waals surface area contributed by atoms with Crippen molar-refractivity contribution in [2.45, 2.75) is 19.9 Å². The van der Waals surface area contributed by atoms with Crippen molar-refractivity contribution < 1.29 is 14.6 Å². The van der Waals surface area contributed by atoms with Gasteiger partial charge in [-0.25, -0.2) is 0 Å². The van der Waals surface area contributed by atoms with Gasteiger partial charge in [0.2, 0.25) is 5.91 Å². The predicted molar refractivity (Wildman–Crippen MR) is 75.3 cm³/mol. The molecular formula is C14H22N2O3. The van der Waals surface area contributed by atoms with Gasteiger partial charge in [-0.15, -0.1) is 0 Å². The summed E-state index contributed by atoms with van der Waals surface area (Å²) in [6.45, 7) is 4.17. The van der Waals surface area contributed by atoms with Crippen molar-refractivity contribution in [1.29, 1.82) is 0 Å². The van der Waals surface area contributed by atoms with E-state index in [1.807, 2.05) is 26.0 Å². The standard InChI is InChI=1S/C14H22N2O3/c1-10(9-17)11(2)15-8-14(18)16-12-6-4-5-7-13(12)19-3/h4-7,10-11,15,17H,8-9H2,1-3H3,(H,16,18). The van der Waals surface area contributed by atoms with E-state index in [9.17, 15) is 4.79 Å². The van der Waals surface area contributed by atoms with Crippen LogP contribution in [0.25, 0.3) is 0 Å². The van der Waals surface area contributed by atoms with Gasteiger partial charge in [0.05, 0.1) is 19.3 Å². The van der Waals surface area contributed by atoms with Crippen molar-refractivity contribution in [3.05, 3.63) is 24.3 Å². The highest BCUT2D eigenvalue weighted by molar-refractivity contribution is 5.93. The van der Waals surface area contributed by atoms with Crippen LogP contribution in [0.2, 0.25) is 0 Å². The third kappa shape index (κ3) is 4.89. The Kier molecular flexibility index (Phi) is 6.32. The normalized spacial score (nSPS) is 13.7. The second-order valence-corrected chi connectivity index (χ2v) is 4.58. The Balaban J connectivity index is 2.47. The van der Waals surface area contributed by atoms with Crippen LogP contribution in [-0.2, 0) is 4.79 Å². The van der Waals surface area contributed by atoms with Gasteiger partial charge < -0.3 is 20.5 Å². The zero-order valence-electron chi connectivity index (χ0n) is 11.6. The van der Waals surface area contributed by atoms with E-state index in [0.29, 0.717) is 11.4 Å². The minimum atomic E-state index is -0.138. The van der Waals surface area contributed by atoms with Gasteiger partial charge in [0.25, 0.3) is 0 Å². The number of nitrogens with one attached hydrogen (secondary N) is 2. The molecule has 0 heterocycles. The summed E-state index contributed by atoms with van der Waals surface area (Å²) in [5, 5.41) is 14.9. The van der Waals surface area contributed by atoms with Crippen molar-refractivity contribution in [2.75, 3.05) is 25.6 Å². The summed E-state index contributed by atoms with van der Waals surface area (Å²) in [6, 6.07) is 7.34. The molecule has 106 valence electrons. The highest BCUT2D eigenvalue weighted by Crippen LogP contribution is 2.22. The van der Waals surface area contributed by atoms with Crippen molar-refractivity contribution in [3.8, 4) is 5.75 Å². The van der Waals surface area contributed by atoms with E-state index in [0.717, 1.165) is 0 Å². The molecule has 0 radical (unpaired) electrons. The molecule has 0 aliphatic heterocycles. The third-order valence-corrected chi connectivity index (χ3v) is 3.11. The van der Waals surface area contributed by atoms with Crippen LogP contribution < -0.4 is 15.4 Å². The Morgan fingerprint density at radius 1 is 1.37 bits per heavy atom. The summed E-state index contributed by atoms with van der Waals surface area (Å²) in [4.78, 5) is 11.8. The second kappa shape index (κ2) is 7.76. The number of hydrogen-bond donors (Lipinski definition) is 3. The maximum Gasteiger partial charge on any atom is 0.238 e. The molecule has 0 spiro atoms. The molecule has 0 fully saturated rings. The first-order chi connectivity index (χ1) is 9.08. The number of methoxy groups -OCH3 is 1. The number of ether oxygens (including phenoxy) is 1. The van der Waals surface area contributed by atoms with Gasteiger partial charge in [-0.05, 0) is 25.0 Å². The van der Waals surface area contributed by atoms with Crippen LogP contribution in [0.3, 0.4) is 0 Å². The van der Waals surface area contributed by atoms with Crippen LogP contribution in [0.4, 0.5) is 5.69 Å². The Morgan fingerprint density at radius 2 is 2.05 bits per heavy atom. The maximum absolute atomic E-state index is 11.8. The van der Waals surface area contributed by atoms with Crippen molar-refractivity contribution in [2.24, 2.45) is 5.92 Å². The predicted octanol–water partition coefficient (Wildman–Crippen LogP) is 1.24. The lowest BCUT2D eigenvalue weighted by Crippen LogP contribution is -2.39. The molecule has 0 aromatic heterocycles. The van der Waals surface area contributed by atoms with Crippen LogP contribution >= 0.6 is 0 Å². The number of para-hydroxylation sites is 2. The van der Waals surface area contributed by atoms with Crippen molar-refractivity contribution in [3.63, 3.8) is 0 Å². The molecule has 0 saturated carbocycles. The number of amides is 1. The van der Waals surface area contributed by atoms with Crippen LogP contribution in [0.5, 0.6) is 5.75 Å². The summed E-state index contributed by atoms with van der Waals surface area (Å²) in [5.41, 5.74) is 0.652. The molecule has 1 aromatic carbocycles. The minimum Gasteiger partial charge on any atom is -0.495 e. The fraction of sp³-hybridized carbons (Fsp3) is 0.500. The SMILES string of the molecule is COc1ccccc1NC(=O)CNC(C)C(C)CO. The summed E-state index contributed by atoms with van der Waals surface area (Å²) in [7, 11) is 1.56. The van der Waals surface area contributed by atoms with E-state index in [2.05, 4.69) is 10.6 Å². The van der Waals surface area contributed by atoms with Crippen LogP contribution in [0.1, 0.15) is 13.8 Å². The summed E-state index contributed by atoms with van der Waals surface area (Å²) in [5.74, 6) is 0.605. The van der Waals surface area contributed by atoms with E-state index in [4.69, 9.17) is 9.84 Å². The maximum atomic E-state index is 11.8. The lowest BCUT2D eigenvalue weighted by atomic mass is 10.1. The van der Waals surface area contributed by atoms with E-state index in [-0.39, 0.29) is 31.0 Å². The molecule has 0 saturated heterocycles. The first-order valence-corrected chi connectivity index (χ1v) is 6.35. The van der Waals surface area contributed by atoms with Gasteiger partial charge in [0.1, 0.15) is 5.75 Å². The molecule has 3 N–H and O–H groups in total. The number of benzene rings is 1. The van der Waals surface area contributed by atoms with Gasteiger partial charge in [-0.2, -0.15) is 0 Å². The molecule has 2 atom stereocenters. The van der Waals surface area contributed by atoms with Crippen molar-refractivity contribution in [1.82, 2.24) is 5.32 Å². The van der Waals surface area contributed by atoms with Crippen LogP contribution in [0.15, 0.2) is 24.3 Å². The molecule has 1 amide bonds. The molecule has 0 bridgehead atoms. The summed E-state index contributed by atoms with van der Waals surface area (Å²) < 4.78 is 5.16. The fourth-order valence-electron chi connectivity index (χ4n) is 1.56. The third-order valence-electron chi connectivity index (χ3n) is 3.11. The monoisotopic (exact) mass is 266 g/mol. The Labute approximate surface area is 114 Å². The second-order valence-electron chi connectivity index (χ2n) is 4.58. The van der Waals surface area contributed by atoms with Gasteiger partial charge in [-0.3, -0.25) is 4.79 Å². The lowest BCUT2D eigenvalue weighted by Gasteiger charge is -2.19. The molecule has 2 unspecified atom stereocenters. The number of aliphatic hydroxyl groups excluding tert-OH is 1. The fourth-order valence-corrected chi connectivity index (χ4v) is 1.56. The highest BCUT2D eigenvalue weighted by atomic mass is 16.5. The minimum absolute atomic E-state index is 0.0772. The van der Waals surface area contributed by atoms with Gasteiger partial charge >= 0.3 is 0 Å². The van der Waals surface area contributed by atoms with Crippen LogP contribution in [0, 0.1) is 5.92 Å². The number of carbonyl (C=O) groups is 1. The van der Waals surface area contributed by atoms with Gasteiger partial charge in [0, 0.05) is 12.6 Å². The Bertz CT molecular complexity index is 409. The first kappa shape index (κ1) is 15.5. The topological polar surface area (TPSA) is 70.6 Å². The molecule has 1 rings (SSSR count). The first-order valence-electron chi connectivity index (χ1n) is 6.35. The molecule has 1 aromatic rings. The quantitative estimate of drug-likeness (QED) is 0.694. The van der Waals surface area contributed by atoms with Gasteiger partial charge in [0.15, 0.2) is 0 Å². The number of rotatable bonds is 7. The zero-order valence-corrected chi connectivity index (χ0v) is 11.6. The highest BCUT2D eigenvalue weighted by Gasteiger charge is 2.12. The van der Waals surface area contributed by atoms with E-state index in [1.54, 1.807) is 19.2 Å². The average molecular weight is 266 g/mol. The Morgan fingerprint density at radius 3 is 2.68 bits per heavy atom. The van der Waals surface area contributed by atoms with E-state index in [1.165, 1.54) is 0 Å². The summed E-state index contributed by atoms with van der Waals surface area (Å²) in [6.07, 6.45) is 0. The number of carbonyl (C=O) groups excluding carboxylic acids is 1. The van der Waals surface area contributed by atoms with Gasteiger partial charge in [-0.1, -0.05) is 19.1 Å². The van der Waals surface area contributed by atoms with Crippen molar-refractivity contribution >= 4 is 11.6 Å². The molecule has 19 heavy (non-hydrogen) atoms.